The molecule has 1 N–H and O–H groups in total. The number of aliphatic hydroxyl groups is 1. The van der Waals surface area contributed by atoms with Gasteiger partial charge < -0.3 is 14.7 Å². The first-order valence-corrected chi connectivity index (χ1v) is 9.25. The van der Waals surface area contributed by atoms with Crippen molar-refractivity contribution in [2.45, 2.75) is 31.3 Å². The van der Waals surface area contributed by atoms with Gasteiger partial charge in [0.25, 0.3) is 0 Å². The Morgan fingerprint density at radius 1 is 1.38 bits per heavy atom. The lowest BCUT2D eigenvalue weighted by molar-refractivity contribution is -0.199. The number of aliphatic hydroxyl groups excluding tert-OH is 1. The van der Waals surface area contributed by atoms with E-state index < -0.39 is 42.1 Å². The summed E-state index contributed by atoms with van der Waals surface area (Å²) in [6.07, 6.45) is -5.63. The average molecular weight is 438 g/mol. The summed E-state index contributed by atoms with van der Waals surface area (Å²) < 4.78 is 61.0. The molecule has 0 fully saturated rings. The predicted molar refractivity (Wildman–Crippen MR) is 98.4 cm³/mol. The zero-order valence-electron chi connectivity index (χ0n) is 15.6. The van der Waals surface area contributed by atoms with Gasteiger partial charge in [-0.1, -0.05) is 22.8 Å². The number of nitrogens with zero attached hydrogens (tertiary/aromatic N) is 3. The van der Waals surface area contributed by atoms with Gasteiger partial charge >= 0.3 is 6.18 Å². The van der Waals surface area contributed by atoms with E-state index in [4.69, 9.17) is 21.2 Å². The van der Waals surface area contributed by atoms with E-state index in [1.54, 1.807) is 0 Å². The predicted octanol–water partition coefficient (Wildman–Crippen LogP) is 3.07. The fraction of sp³-hybridized carbons (Fsp3) is 0.556. The number of alkyl halides is 3. The number of ether oxygens (including phenoxy) is 1. The first-order chi connectivity index (χ1) is 13.6. The Hall–Kier alpha value is -1.91. The highest BCUT2D eigenvalue weighted by Gasteiger charge is 2.57. The standard InChI is InChI=1S/C18H20ClF4N3O3/c1-9(27)7-26-17(18(21,22)23)10(6-24-26)16-11(8-28-2)15(25-29-16)14-12(19)4-3-5-13(14)20/h3-6,9-11,16-17,27H,7-8H2,1-2H3. The van der Waals surface area contributed by atoms with Crippen LogP contribution in [0.1, 0.15) is 12.5 Å². The van der Waals surface area contributed by atoms with Gasteiger partial charge in [0.15, 0.2) is 6.04 Å². The molecule has 2 heterocycles. The normalized spacial score (nSPS) is 27.9. The van der Waals surface area contributed by atoms with E-state index in [1.807, 2.05) is 0 Å². The molecule has 6 nitrogen and oxygen atoms in total. The Kier molecular flexibility index (Phi) is 6.35. The number of halogens is 5. The Bertz CT molecular complexity index is 783. The van der Waals surface area contributed by atoms with Crippen LogP contribution in [0.15, 0.2) is 28.5 Å². The van der Waals surface area contributed by atoms with Crippen molar-refractivity contribution >= 4 is 23.5 Å². The van der Waals surface area contributed by atoms with Crippen LogP contribution in [-0.4, -0.2) is 66.7 Å². The molecule has 0 amide bonds. The molecule has 0 saturated carbocycles. The molecule has 29 heavy (non-hydrogen) atoms. The Labute approximate surface area is 169 Å². The molecule has 0 spiro atoms. The maximum atomic E-state index is 14.4. The molecule has 2 aliphatic rings. The SMILES string of the molecule is COCC1C(c2c(F)cccc2Cl)=NOC1C1C=NN(CC(C)O)C1C(F)(F)F. The lowest BCUT2D eigenvalue weighted by atomic mass is 9.83. The van der Waals surface area contributed by atoms with Crippen LogP contribution in [0, 0.1) is 17.7 Å². The van der Waals surface area contributed by atoms with Gasteiger partial charge in [0.2, 0.25) is 0 Å². The molecule has 1 aromatic rings. The summed E-state index contributed by atoms with van der Waals surface area (Å²) in [7, 11) is 1.37. The summed E-state index contributed by atoms with van der Waals surface area (Å²) in [6.45, 7) is 1.02. The summed E-state index contributed by atoms with van der Waals surface area (Å²) >= 11 is 6.10. The molecule has 5 atom stereocenters. The second-order valence-corrected chi connectivity index (χ2v) is 7.41. The summed E-state index contributed by atoms with van der Waals surface area (Å²) in [5, 5.41) is 18.1. The molecular formula is C18H20ClF4N3O3. The van der Waals surface area contributed by atoms with Crippen LogP contribution in [-0.2, 0) is 9.57 Å². The molecule has 0 bridgehead atoms. The van der Waals surface area contributed by atoms with E-state index in [0.29, 0.717) is 0 Å². The molecule has 3 rings (SSSR count). The third-order valence-electron chi connectivity index (χ3n) is 4.82. The van der Waals surface area contributed by atoms with Crippen molar-refractivity contribution in [3.8, 4) is 0 Å². The van der Waals surface area contributed by atoms with E-state index in [2.05, 4.69) is 10.3 Å². The van der Waals surface area contributed by atoms with Gasteiger partial charge in [0.1, 0.15) is 17.6 Å². The number of rotatable bonds is 6. The summed E-state index contributed by atoms with van der Waals surface area (Å²) in [4.78, 5) is 5.36. The zero-order valence-corrected chi connectivity index (χ0v) is 16.4. The van der Waals surface area contributed by atoms with E-state index >= 15 is 0 Å². The van der Waals surface area contributed by atoms with Gasteiger partial charge in [0.05, 0.1) is 41.7 Å². The van der Waals surface area contributed by atoms with E-state index in [1.165, 1.54) is 32.2 Å². The van der Waals surface area contributed by atoms with Crippen molar-refractivity contribution in [2.24, 2.45) is 22.1 Å². The molecule has 0 radical (unpaired) electrons. The lowest BCUT2D eigenvalue weighted by Crippen LogP contribution is -2.51. The van der Waals surface area contributed by atoms with Crippen molar-refractivity contribution < 1.29 is 32.2 Å². The number of methoxy groups -OCH3 is 1. The van der Waals surface area contributed by atoms with Crippen LogP contribution in [0.5, 0.6) is 0 Å². The van der Waals surface area contributed by atoms with Crippen molar-refractivity contribution in [3.63, 3.8) is 0 Å². The van der Waals surface area contributed by atoms with Gasteiger partial charge in [0, 0.05) is 13.3 Å². The van der Waals surface area contributed by atoms with E-state index in [0.717, 1.165) is 11.2 Å². The second kappa shape index (κ2) is 8.45. The minimum absolute atomic E-state index is 0.0296. The van der Waals surface area contributed by atoms with Gasteiger partial charge in [-0.3, -0.25) is 5.01 Å². The highest BCUT2D eigenvalue weighted by atomic mass is 35.5. The minimum atomic E-state index is -4.64. The molecule has 11 heteroatoms. The van der Waals surface area contributed by atoms with Crippen molar-refractivity contribution in [2.75, 3.05) is 20.3 Å². The highest BCUT2D eigenvalue weighted by molar-refractivity contribution is 6.34. The monoisotopic (exact) mass is 437 g/mol. The quantitative estimate of drug-likeness (QED) is 0.695. The molecule has 1 aromatic carbocycles. The first kappa shape index (κ1) is 21.8. The zero-order chi connectivity index (χ0) is 21.3. The number of oxime groups is 1. The molecule has 0 saturated heterocycles. The van der Waals surface area contributed by atoms with Gasteiger partial charge in [-0.05, 0) is 19.1 Å². The molecule has 5 unspecified atom stereocenters. The molecule has 160 valence electrons. The maximum Gasteiger partial charge on any atom is 0.411 e. The number of hydrogen-bond donors (Lipinski definition) is 1. The van der Waals surface area contributed by atoms with Crippen LogP contribution < -0.4 is 0 Å². The maximum absolute atomic E-state index is 14.4. The highest BCUT2D eigenvalue weighted by Crippen LogP contribution is 2.40. The number of hydrazone groups is 1. The first-order valence-electron chi connectivity index (χ1n) is 8.87. The Balaban J connectivity index is 1.93. The van der Waals surface area contributed by atoms with E-state index in [9.17, 15) is 22.7 Å². The third-order valence-corrected chi connectivity index (χ3v) is 5.14. The fourth-order valence-electron chi connectivity index (χ4n) is 3.68. The number of benzene rings is 1. The topological polar surface area (TPSA) is 66.7 Å². The molecular weight excluding hydrogens is 418 g/mol. The molecule has 0 aromatic heterocycles. The van der Waals surface area contributed by atoms with Crippen LogP contribution >= 0.6 is 11.6 Å². The van der Waals surface area contributed by atoms with Gasteiger partial charge in [-0.2, -0.15) is 18.3 Å². The van der Waals surface area contributed by atoms with Crippen LogP contribution in [0.2, 0.25) is 5.02 Å². The van der Waals surface area contributed by atoms with Gasteiger partial charge in [-0.25, -0.2) is 4.39 Å². The smallest absolute Gasteiger partial charge is 0.392 e. The van der Waals surface area contributed by atoms with E-state index in [-0.39, 0.29) is 29.4 Å². The molecule has 2 aliphatic heterocycles. The minimum Gasteiger partial charge on any atom is -0.392 e. The van der Waals surface area contributed by atoms with Crippen molar-refractivity contribution in [3.05, 3.63) is 34.6 Å². The largest absolute Gasteiger partial charge is 0.411 e. The summed E-state index contributed by atoms with van der Waals surface area (Å²) in [5.41, 5.74) is 0.0568. The van der Waals surface area contributed by atoms with Crippen LogP contribution in [0.4, 0.5) is 17.6 Å². The summed E-state index contributed by atoms with van der Waals surface area (Å²) in [5.74, 6) is -2.70. The van der Waals surface area contributed by atoms with Crippen molar-refractivity contribution in [1.82, 2.24) is 5.01 Å². The number of hydrogen-bond acceptors (Lipinski definition) is 6. The average Bonchev–Trinajstić information content (AvgIpc) is 3.19. The second-order valence-electron chi connectivity index (χ2n) is 7.00. The lowest BCUT2D eigenvalue weighted by Gasteiger charge is -2.33. The van der Waals surface area contributed by atoms with Crippen molar-refractivity contribution in [1.29, 1.82) is 0 Å². The van der Waals surface area contributed by atoms with Crippen LogP contribution in [0.25, 0.3) is 0 Å². The number of β-amino-alcohol motifs (C(OH)–C–C–N with tert-alkyl or cyclic N) is 1. The Morgan fingerprint density at radius 2 is 2.10 bits per heavy atom. The fourth-order valence-corrected chi connectivity index (χ4v) is 3.94. The molecule has 0 aliphatic carbocycles. The summed E-state index contributed by atoms with van der Waals surface area (Å²) in [6, 6.07) is 2.03. The Morgan fingerprint density at radius 3 is 2.69 bits per heavy atom. The van der Waals surface area contributed by atoms with Crippen LogP contribution in [0.3, 0.4) is 0 Å². The third kappa shape index (κ3) is 4.34. The van der Waals surface area contributed by atoms with Gasteiger partial charge in [-0.15, -0.1) is 0 Å².